The Morgan fingerprint density at radius 1 is 1.05 bits per heavy atom. The molecule has 0 aliphatic carbocycles. The molecule has 2 heterocycles. The van der Waals surface area contributed by atoms with Crippen LogP contribution in [0.25, 0.3) is 11.0 Å². The summed E-state index contributed by atoms with van der Waals surface area (Å²) in [6.45, 7) is 0. The number of carbonyl (C=O) groups is 2. The van der Waals surface area contributed by atoms with Crippen LogP contribution in [-0.4, -0.2) is 46.3 Å². The molecular weight excluding hydrogens is 264 g/mol. The van der Waals surface area contributed by atoms with Gasteiger partial charge in [-0.3, -0.25) is 14.4 Å². The van der Waals surface area contributed by atoms with E-state index >= 15 is 0 Å². The van der Waals surface area contributed by atoms with Crippen LogP contribution in [0.15, 0.2) is 24.3 Å². The zero-order valence-electron chi connectivity index (χ0n) is 11.1. The van der Waals surface area contributed by atoms with Gasteiger partial charge < -0.3 is 4.84 Å². The van der Waals surface area contributed by atoms with E-state index in [4.69, 9.17) is 4.84 Å². The van der Waals surface area contributed by atoms with Gasteiger partial charge in [-0.1, -0.05) is 17.0 Å². The number of hydrogen-bond donors (Lipinski definition) is 0. The van der Waals surface area contributed by atoms with Gasteiger partial charge in [-0.25, -0.2) is 0 Å². The molecule has 1 aliphatic heterocycles. The Labute approximate surface area is 114 Å². The first-order chi connectivity index (χ1) is 9.67. The lowest BCUT2D eigenvalue weighted by Gasteiger charge is -2.07. The first-order valence-electron chi connectivity index (χ1n) is 5.92. The highest BCUT2D eigenvalue weighted by atomic mass is 16.7. The zero-order chi connectivity index (χ0) is 14.5. The van der Waals surface area contributed by atoms with Gasteiger partial charge in [0.2, 0.25) is 0 Å². The molecule has 8 heteroatoms. The van der Waals surface area contributed by atoms with E-state index in [1.807, 2.05) is 24.3 Å². The van der Waals surface area contributed by atoms with E-state index in [9.17, 15) is 9.59 Å². The highest BCUT2D eigenvalue weighted by molar-refractivity contribution is 6.00. The van der Waals surface area contributed by atoms with Gasteiger partial charge in [0.05, 0.1) is 7.11 Å². The van der Waals surface area contributed by atoms with Gasteiger partial charge in [-0.05, 0) is 17.3 Å². The Kier molecular flexibility index (Phi) is 4.26. The van der Waals surface area contributed by atoms with Crippen LogP contribution >= 0.6 is 0 Å². The smallest absolute Gasteiger partial charge is 0.253 e. The molecule has 3 rings (SSSR count). The van der Waals surface area contributed by atoms with Gasteiger partial charge in [0.1, 0.15) is 18.1 Å². The molecule has 0 bridgehead atoms. The molecule has 0 spiro atoms. The van der Waals surface area contributed by atoms with Crippen LogP contribution in [0.1, 0.15) is 12.8 Å². The van der Waals surface area contributed by atoms with Crippen molar-refractivity contribution >= 4 is 22.8 Å². The number of hydroxylamine groups is 2. The van der Waals surface area contributed by atoms with Gasteiger partial charge >= 0.3 is 0 Å². The molecule has 1 aromatic carbocycles. The third kappa shape index (κ3) is 2.75. The molecule has 1 aliphatic rings. The summed E-state index contributed by atoms with van der Waals surface area (Å²) in [6, 6.07) is 7.62. The van der Waals surface area contributed by atoms with Gasteiger partial charge in [-0.2, -0.15) is 5.06 Å². The molecule has 0 N–H and O–H groups in total. The molecule has 106 valence electrons. The Hall–Kier alpha value is -2.48. The SMILES string of the molecule is CON1C(=O)CCC1=O.COn1nnc2ccccc21. The Morgan fingerprint density at radius 3 is 2.25 bits per heavy atom. The Bertz CT molecular complexity index is 609. The fourth-order valence-corrected chi connectivity index (χ4v) is 1.74. The summed E-state index contributed by atoms with van der Waals surface area (Å²) < 4.78 is 0. The Balaban J connectivity index is 0.000000151. The van der Waals surface area contributed by atoms with E-state index in [0.717, 1.165) is 16.1 Å². The van der Waals surface area contributed by atoms with Crippen LogP contribution in [-0.2, 0) is 14.4 Å². The maximum absolute atomic E-state index is 10.6. The third-order valence-corrected chi connectivity index (χ3v) is 2.68. The number of nitrogens with zero attached hydrogens (tertiary/aromatic N) is 4. The average molecular weight is 278 g/mol. The molecule has 0 unspecified atom stereocenters. The molecule has 0 radical (unpaired) electrons. The van der Waals surface area contributed by atoms with E-state index in [0.29, 0.717) is 0 Å². The van der Waals surface area contributed by atoms with E-state index in [2.05, 4.69) is 15.1 Å². The summed E-state index contributed by atoms with van der Waals surface area (Å²) in [5.41, 5.74) is 1.73. The maximum Gasteiger partial charge on any atom is 0.253 e. The monoisotopic (exact) mass is 278 g/mol. The van der Waals surface area contributed by atoms with Crippen molar-refractivity contribution in [1.29, 1.82) is 0 Å². The lowest BCUT2D eigenvalue weighted by atomic mass is 10.3. The predicted octanol–water partition coefficient (Wildman–Crippen LogP) is 0.187. The second-order valence-electron chi connectivity index (χ2n) is 3.90. The van der Waals surface area contributed by atoms with E-state index < -0.39 is 0 Å². The van der Waals surface area contributed by atoms with Crippen molar-refractivity contribution in [2.45, 2.75) is 12.8 Å². The number of benzene rings is 1. The topological polar surface area (TPSA) is 86.5 Å². The van der Waals surface area contributed by atoms with Crippen molar-refractivity contribution in [3.8, 4) is 0 Å². The molecule has 2 aromatic rings. The van der Waals surface area contributed by atoms with Crippen molar-refractivity contribution in [3.63, 3.8) is 0 Å². The van der Waals surface area contributed by atoms with Gasteiger partial charge in [0.25, 0.3) is 11.8 Å². The molecule has 1 fully saturated rings. The van der Waals surface area contributed by atoms with Crippen molar-refractivity contribution in [2.75, 3.05) is 14.2 Å². The summed E-state index contributed by atoms with van der Waals surface area (Å²) in [6.07, 6.45) is 0.569. The van der Waals surface area contributed by atoms with Crippen LogP contribution < -0.4 is 4.84 Å². The highest BCUT2D eigenvalue weighted by Gasteiger charge is 2.28. The van der Waals surface area contributed by atoms with Crippen LogP contribution in [0.3, 0.4) is 0 Å². The number of carbonyl (C=O) groups excluding carboxylic acids is 2. The van der Waals surface area contributed by atoms with Crippen LogP contribution in [0, 0.1) is 0 Å². The van der Waals surface area contributed by atoms with Crippen molar-refractivity contribution < 1.29 is 19.3 Å². The largest absolute Gasteiger partial charge is 0.398 e. The summed E-state index contributed by atoms with van der Waals surface area (Å²) in [5.74, 6) is -0.495. The zero-order valence-corrected chi connectivity index (χ0v) is 11.1. The fraction of sp³-hybridized carbons (Fsp3) is 0.333. The molecule has 0 atom stereocenters. The van der Waals surface area contributed by atoms with Crippen LogP contribution in [0.5, 0.6) is 0 Å². The minimum absolute atomic E-state index is 0.248. The maximum atomic E-state index is 10.6. The summed E-state index contributed by atoms with van der Waals surface area (Å²) in [7, 11) is 2.86. The van der Waals surface area contributed by atoms with E-state index in [1.54, 1.807) is 7.11 Å². The molecule has 1 saturated heterocycles. The molecule has 0 saturated carbocycles. The first-order valence-corrected chi connectivity index (χ1v) is 5.92. The fourth-order valence-electron chi connectivity index (χ4n) is 1.74. The Morgan fingerprint density at radius 2 is 1.70 bits per heavy atom. The number of imide groups is 1. The minimum Gasteiger partial charge on any atom is -0.398 e. The van der Waals surface area contributed by atoms with Gasteiger partial charge in [0.15, 0.2) is 0 Å². The molecule has 2 amide bonds. The average Bonchev–Trinajstić information content (AvgIpc) is 3.03. The summed E-state index contributed by atoms with van der Waals surface area (Å²) in [4.78, 5) is 32.0. The summed E-state index contributed by atoms with van der Waals surface area (Å²) in [5, 5.41) is 8.43. The van der Waals surface area contributed by atoms with E-state index in [1.165, 1.54) is 12.0 Å². The number of fused-ring (bicyclic) bond motifs is 1. The normalized spacial score (nSPS) is 14.4. The number of aromatic nitrogens is 3. The standard InChI is InChI=1S/C7H7N3O.C5H7NO3/c1-11-10-7-5-3-2-4-6(7)8-9-10;1-9-6-4(7)2-3-5(6)8/h2-5H,1H3;2-3H2,1H3. The quantitative estimate of drug-likeness (QED) is 0.729. The second kappa shape index (κ2) is 6.11. The first kappa shape index (κ1) is 13.9. The van der Waals surface area contributed by atoms with Crippen LogP contribution in [0.2, 0.25) is 0 Å². The molecule has 8 nitrogen and oxygen atoms in total. The number of hydrogen-bond acceptors (Lipinski definition) is 6. The molecule has 1 aromatic heterocycles. The van der Waals surface area contributed by atoms with Crippen molar-refractivity contribution in [3.05, 3.63) is 24.3 Å². The predicted molar refractivity (Wildman–Crippen MR) is 68.1 cm³/mol. The van der Waals surface area contributed by atoms with Gasteiger partial charge in [-0.15, -0.1) is 5.10 Å². The summed E-state index contributed by atoms with van der Waals surface area (Å²) >= 11 is 0. The number of para-hydroxylation sites is 1. The lowest BCUT2D eigenvalue weighted by Crippen LogP contribution is -2.27. The molecular formula is C12H14N4O4. The second-order valence-corrected chi connectivity index (χ2v) is 3.90. The van der Waals surface area contributed by atoms with Gasteiger partial charge in [0, 0.05) is 12.8 Å². The highest BCUT2D eigenvalue weighted by Crippen LogP contribution is 2.10. The van der Waals surface area contributed by atoms with Crippen molar-refractivity contribution in [1.82, 2.24) is 20.2 Å². The van der Waals surface area contributed by atoms with E-state index in [-0.39, 0.29) is 24.7 Å². The third-order valence-electron chi connectivity index (χ3n) is 2.68. The number of amides is 2. The molecule has 20 heavy (non-hydrogen) atoms. The van der Waals surface area contributed by atoms with Crippen LogP contribution in [0.4, 0.5) is 0 Å². The van der Waals surface area contributed by atoms with Crippen molar-refractivity contribution in [2.24, 2.45) is 0 Å². The minimum atomic E-state index is -0.248. The number of rotatable bonds is 2. The lowest BCUT2D eigenvalue weighted by molar-refractivity contribution is -0.179.